The lowest BCUT2D eigenvalue weighted by Gasteiger charge is -2.35. The molecule has 1 fully saturated rings. The molecule has 0 bridgehead atoms. The Hall–Kier alpha value is -1.50. The maximum absolute atomic E-state index is 13.3. The lowest BCUT2D eigenvalue weighted by Crippen LogP contribution is -2.50. The molecule has 0 radical (unpaired) electrons. The van der Waals surface area contributed by atoms with Crippen LogP contribution in [0.25, 0.3) is 0 Å². The third kappa shape index (κ3) is 5.57. The summed E-state index contributed by atoms with van der Waals surface area (Å²) in [6, 6.07) is 6.40. The van der Waals surface area contributed by atoms with E-state index in [2.05, 4.69) is 9.80 Å². The van der Waals surface area contributed by atoms with Crippen LogP contribution in [0.4, 0.5) is 4.39 Å². The summed E-state index contributed by atoms with van der Waals surface area (Å²) in [5.41, 5.74) is 0.813. The number of benzene rings is 1. The number of piperazine rings is 1. The van der Waals surface area contributed by atoms with Crippen molar-refractivity contribution in [1.29, 1.82) is 0 Å². The standard InChI is InChI=1S/C17H26FN3O2/c1-2-21(13-15-4-3-5-16(18)12-15)17(23)14-20-8-6-19(7-9-20)10-11-22/h3-5,12,22H,2,6-11,13-14H2,1H3. The number of nitrogens with zero attached hydrogens (tertiary/aromatic N) is 3. The van der Waals surface area contributed by atoms with Gasteiger partial charge in [0.05, 0.1) is 13.2 Å². The van der Waals surface area contributed by atoms with E-state index in [1.54, 1.807) is 11.0 Å². The van der Waals surface area contributed by atoms with E-state index in [9.17, 15) is 9.18 Å². The minimum atomic E-state index is -0.272. The van der Waals surface area contributed by atoms with Crippen molar-refractivity contribution in [3.05, 3.63) is 35.6 Å². The molecule has 1 saturated heterocycles. The van der Waals surface area contributed by atoms with Crippen LogP contribution in [0.15, 0.2) is 24.3 Å². The third-order valence-electron chi connectivity index (χ3n) is 4.24. The molecule has 23 heavy (non-hydrogen) atoms. The van der Waals surface area contributed by atoms with Gasteiger partial charge in [0.2, 0.25) is 5.91 Å². The summed E-state index contributed by atoms with van der Waals surface area (Å²) in [5.74, 6) is -0.196. The quantitative estimate of drug-likeness (QED) is 0.806. The van der Waals surface area contributed by atoms with Crippen molar-refractivity contribution in [1.82, 2.24) is 14.7 Å². The topological polar surface area (TPSA) is 47.0 Å². The molecule has 128 valence electrons. The maximum atomic E-state index is 13.3. The Morgan fingerprint density at radius 3 is 2.57 bits per heavy atom. The number of likely N-dealkylation sites (N-methyl/N-ethyl adjacent to an activating group) is 1. The van der Waals surface area contributed by atoms with Gasteiger partial charge in [-0.25, -0.2) is 4.39 Å². The van der Waals surface area contributed by atoms with Crippen molar-refractivity contribution in [2.24, 2.45) is 0 Å². The Morgan fingerprint density at radius 2 is 1.96 bits per heavy atom. The number of carbonyl (C=O) groups is 1. The first-order valence-electron chi connectivity index (χ1n) is 8.20. The molecule has 0 unspecified atom stereocenters. The smallest absolute Gasteiger partial charge is 0.237 e. The zero-order valence-electron chi connectivity index (χ0n) is 13.7. The highest BCUT2D eigenvalue weighted by Crippen LogP contribution is 2.09. The highest BCUT2D eigenvalue weighted by atomic mass is 19.1. The van der Waals surface area contributed by atoms with E-state index in [0.717, 1.165) is 31.7 Å². The van der Waals surface area contributed by atoms with Crippen molar-refractivity contribution < 1.29 is 14.3 Å². The Kier molecular flexibility index (Phi) is 6.95. The first-order valence-corrected chi connectivity index (χ1v) is 8.20. The van der Waals surface area contributed by atoms with Crippen LogP contribution in [0, 0.1) is 5.82 Å². The SMILES string of the molecule is CCN(Cc1cccc(F)c1)C(=O)CN1CCN(CCO)CC1. The Balaban J connectivity index is 1.83. The molecule has 1 aromatic carbocycles. The summed E-state index contributed by atoms with van der Waals surface area (Å²) in [5, 5.41) is 8.95. The van der Waals surface area contributed by atoms with Crippen molar-refractivity contribution in [3.63, 3.8) is 0 Å². The van der Waals surface area contributed by atoms with Gasteiger partial charge < -0.3 is 10.0 Å². The minimum Gasteiger partial charge on any atom is -0.395 e. The number of rotatable bonds is 7. The van der Waals surface area contributed by atoms with Gasteiger partial charge in [0.15, 0.2) is 0 Å². The molecule has 0 aromatic heterocycles. The van der Waals surface area contributed by atoms with Crippen LogP contribution < -0.4 is 0 Å². The molecule has 6 heteroatoms. The van der Waals surface area contributed by atoms with Gasteiger partial charge in [-0.05, 0) is 24.6 Å². The molecule has 1 aliphatic rings. The van der Waals surface area contributed by atoms with Crippen molar-refractivity contribution in [3.8, 4) is 0 Å². The average Bonchev–Trinajstić information content (AvgIpc) is 2.54. The predicted molar refractivity (Wildman–Crippen MR) is 87.5 cm³/mol. The summed E-state index contributed by atoms with van der Waals surface area (Å²) < 4.78 is 13.3. The molecule has 5 nitrogen and oxygen atoms in total. The van der Waals surface area contributed by atoms with Gasteiger partial charge in [0.25, 0.3) is 0 Å². The van der Waals surface area contributed by atoms with Gasteiger partial charge in [-0.3, -0.25) is 14.6 Å². The number of hydrogen-bond acceptors (Lipinski definition) is 4. The lowest BCUT2D eigenvalue weighted by atomic mass is 10.2. The number of aliphatic hydroxyl groups is 1. The number of hydrogen-bond donors (Lipinski definition) is 1. The summed E-state index contributed by atoms with van der Waals surface area (Å²) >= 11 is 0. The Bertz CT molecular complexity index is 504. The number of β-amino-alcohol motifs (C(OH)–C–C–N with tert-alkyl or cyclic N) is 1. The largest absolute Gasteiger partial charge is 0.395 e. The summed E-state index contributed by atoms with van der Waals surface area (Å²) in [6.07, 6.45) is 0. The van der Waals surface area contributed by atoms with Gasteiger partial charge in [0.1, 0.15) is 5.82 Å². The molecular formula is C17H26FN3O2. The fourth-order valence-electron chi connectivity index (χ4n) is 2.84. The summed E-state index contributed by atoms with van der Waals surface area (Å²) in [7, 11) is 0. The van der Waals surface area contributed by atoms with Crippen LogP contribution in [0.2, 0.25) is 0 Å². The van der Waals surface area contributed by atoms with E-state index in [4.69, 9.17) is 5.11 Å². The average molecular weight is 323 g/mol. The Labute approximate surface area is 137 Å². The van der Waals surface area contributed by atoms with Crippen LogP contribution >= 0.6 is 0 Å². The molecular weight excluding hydrogens is 297 g/mol. The molecule has 0 saturated carbocycles. The first kappa shape index (κ1) is 17.8. The summed E-state index contributed by atoms with van der Waals surface area (Å²) in [4.78, 5) is 18.6. The van der Waals surface area contributed by atoms with Crippen LogP contribution in [0.3, 0.4) is 0 Å². The second-order valence-electron chi connectivity index (χ2n) is 5.88. The minimum absolute atomic E-state index is 0.0763. The number of halogens is 1. The van der Waals surface area contributed by atoms with Crippen molar-refractivity contribution >= 4 is 5.91 Å². The van der Waals surface area contributed by atoms with Gasteiger partial charge >= 0.3 is 0 Å². The zero-order chi connectivity index (χ0) is 16.7. The van der Waals surface area contributed by atoms with Gasteiger partial charge in [0, 0.05) is 45.8 Å². The number of aliphatic hydroxyl groups excluding tert-OH is 1. The number of amides is 1. The third-order valence-corrected chi connectivity index (χ3v) is 4.24. The van der Waals surface area contributed by atoms with E-state index < -0.39 is 0 Å². The molecule has 1 aromatic rings. The zero-order valence-corrected chi connectivity index (χ0v) is 13.7. The predicted octanol–water partition coefficient (Wildman–Crippen LogP) is 0.784. The molecule has 1 heterocycles. The van der Waals surface area contributed by atoms with E-state index >= 15 is 0 Å². The molecule has 1 amide bonds. The highest BCUT2D eigenvalue weighted by molar-refractivity contribution is 5.78. The van der Waals surface area contributed by atoms with Crippen molar-refractivity contribution in [2.45, 2.75) is 13.5 Å². The van der Waals surface area contributed by atoms with Gasteiger partial charge in [-0.15, -0.1) is 0 Å². The number of carbonyl (C=O) groups excluding carboxylic acids is 1. The molecule has 0 aliphatic carbocycles. The van der Waals surface area contributed by atoms with Crippen LogP contribution in [0.1, 0.15) is 12.5 Å². The molecule has 2 rings (SSSR count). The lowest BCUT2D eigenvalue weighted by molar-refractivity contribution is -0.133. The van der Waals surface area contributed by atoms with E-state index in [0.29, 0.717) is 26.2 Å². The van der Waals surface area contributed by atoms with Crippen LogP contribution in [-0.2, 0) is 11.3 Å². The fourth-order valence-corrected chi connectivity index (χ4v) is 2.84. The second-order valence-corrected chi connectivity index (χ2v) is 5.88. The fraction of sp³-hybridized carbons (Fsp3) is 0.588. The highest BCUT2D eigenvalue weighted by Gasteiger charge is 2.21. The molecule has 1 N–H and O–H groups in total. The van der Waals surface area contributed by atoms with E-state index in [-0.39, 0.29) is 18.3 Å². The van der Waals surface area contributed by atoms with Gasteiger partial charge in [-0.2, -0.15) is 0 Å². The molecule has 0 atom stereocenters. The molecule has 0 spiro atoms. The summed E-state index contributed by atoms with van der Waals surface area (Å²) in [6.45, 7) is 7.70. The van der Waals surface area contributed by atoms with Crippen molar-refractivity contribution in [2.75, 3.05) is 52.4 Å². The first-order chi connectivity index (χ1) is 11.1. The molecule has 1 aliphatic heterocycles. The van der Waals surface area contributed by atoms with Gasteiger partial charge in [-0.1, -0.05) is 12.1 Å². The maximum Gasteiger partial charge on any atom is 0.237 e. The Morgan fingerprint density at radius 1 is 1.26 bits per heavy atom. The van der Waals surface area contributed by atoms with Crippen LogP contribution in [-0.4, -0.2) is 78.1 Å². The van der Waals surface area contributed by atoms with Crippen LogP contribution in [0.5, 0.6) is 0 Å². The second kappa shape index (κ2) is 8.96. The monoisotopic (exact) mass is 323 g/mol. The van der Waals surface area contributed by atoms with E-state index in [1.165, 1.54) is 12.1 Å². The van der Waals surface area contributed by atoms with E-state index in [1.807, 2.05) is 13.0 Å². The normalized spacial score (nSPS) is 16.5.